The number of fused-ring (bicyclic) bond motifs is 3. The maximum absolute atomic E-state index is 12.4. The molecule has 2 aliphatic heterocycles. The fraction of sp³-hybridized carbons (Fsp3) is 0.500. The molecule has 0 radical (unpaired) electrons. The molecule has 7 heteroatoms. The van der Waals surface area contributed by atoms with Crippen molar-refractivity contribution in [3.63, 3.8) is 0 Å². The van der Waals surface area contributed by atoms with E-state index in [0.717, 1.165) is 25.3 Å². The quantitative estimate of drug-likeness (QED) is 0.924. The highest BCUT2D eigenvalue weighted by atomic mass is 32.1. The number of aromatic amines is 1. The minimum absolute atomic E-state index is 0.0421. The van der Waals surface area contributed by atoms with E-state index in [-0.39, 0.29) is 17.9 Å². The predicted molar refractivity (Wildman–Crippen MR) is 88.0 cm³/mol. The molecule has 2 bridgehead atoms. The Morgan fingerprint density at radius 2 is 2.26 bits per heavy atom. The normalized spacial score (nSPS) is 25.6. The maximum atomic E-state index is 12.4. The topological polar surface area (TPSA) is 61.5 Å². The van der Waals surface area contributed by atoms with Gasteiger partial charge in [0.2, 0.25) is 5.91 Å². The van der Waals surface area contributed by atoms with Gasteiger partial charge in [-0.3, -0.25) is 14.8 Å². The molecule has 2 aromatic rings. The molecule has 2 aliphatic rings. The SMILES string of the molecule is CN1C(=O)[C@H]2COC[C@@H]1CN(Cc1ccc(-c3ccn[nH]3)s1)C2. The second-order valence-electron chi connectivity index (χ2n) is 6.27. The van der Waals surface area contributed by atoms with E-state index in [4.69, 9.17) is 4.74 Å². The Hall–Kier alpha value is -1.70. The molecule has 2 saturated heterocycles. The smallest absolute Gasteiger partial charge is 0.229 e. The van der Waals surface area contributed by atoms with Crippen LogP contribution >= 0.6 is 11.3 Å². The van der Waals surface area contributed by atoms with Gasteiger partial charge in [0.1, 0.15) is 0 Å². The first-order valence-corrected chi connectivity index (χ1v) is 8.67. The van der Waals surface area contributed by atoms with E-state index in [9.17, 15) is 4.79 Å². The van der Waals surface area contributed by atoms with Crippen molar-refractivity contribution in [3.8, 4) is 10.6 Å². The maximum Gasteiger partial charge on any atom is 0.229 e. The average Bonchev–Trinajstić information content (AvgIpc) is 3.15. The summed E-state index contributed by atoms with van der Waals surface area (Å²) in [6, 6.07) is 6.44. The average molecular weight is 332 g/mol. The number of H-pyrrole nitrogens is 1. The van der Waals surface area contributed by atoms with Crippen LogP contribution in [0.15, 0.2) is 24.4 Å². The summed E-state index contributed by atoms with van der Waals surface area (Å²) in [5, 5.41) is 7.01. The van der Waals surface area contributed by atoms with Gasteiger partial charge < -0.3 is 9.64 Å². The fourth-order valence-electron chi connectivity index (χ4n) is 3.34. The zero-order valence-corrected chi connectivity index (χ0v) is 13.9. The minimum atomic E-state index is -0.0421. The molecule has 0 saturated carbocycles. The Balaban J connectivity index is 1.50. The number of rotatable bonds is 3. The monoisotopic (exact) mass is 332 g/mol. The van der Waals surface area contributed by atoms with Gasteiger partial charge in [-0.05, 0) is 18.2 Å². The number of aromatic nitrogens is 2. The van der Waals surface area contributed by atoms with Gasteiger partial charge in [0.05, 0.1) is 35.7 Å². The Morgan fingerprint density at radius 3 is 3.09 bits per heavy atom. The van der Waals surface area contributed by atoms with E-state index in [1.807, 2.05) is 18.0 Å². The number of hydrogen-bond acceptors (Lipinski definition) is 5. The molecule has 23 heavy (non-hydrogen) atoms. The van der Waals surface area contributed by atoms with Crippen LogP contribution in [0.5, 0.6) is 0 Å². The number of amides is 1. The third-order valence-electron chi connectivity index (χ3n) is 4.63. The number of hydrogen-bond donors (Lipinski definition) is 1. The second-order valence-corrected chi connectivity index (χ2v) is 7.44. The van der Waals surface area contributed by atoms with Crippen molar-refractivity contribution < 1.29 is 9.53 Å². The first kappa shape index (κ1) is 14.9. The third-order valence-corrected chi connectivity index (χ3v) is 5.73. The van der Waals surface area contributed by atoms with Crippen molar-refractivity contribution in [1.29, 1.82) is 0 Å². The lowest BCUT2D eigenvalue weighted by molar-refractivity contribution is -0.133. The van der Waals surface area contributed by atoms with Crippen molar-refractivity contribution in [2.75, 3.05) is 33.4 Å². The van der Waals surface area contributed by atoms with Crippen LogP contribution in [0, 0.1) is 5.92 Å². The van der Waals surface area contributed by atoms with Crippen LogP contribution in [-0.4, -0.2) is 65.3 Å². The molecule has 2 fully saturated rings. The first-order valence-electron chi connectivity index (χ1n) is 7.86. The largest absolute Gasteiger partial charge is 0.378 e. The Morgan fingerprint density at radius 1 is 1.35 bits per heavy atom. The molecule has 6 nitrogen and oxygen atoms in total. The van der Waals surface area contributed by atoms with Crippen LogP contribution in [0.1, 0.15) is 4.88 Å². The third kappa shape index (κ3) is 2.91. The Labute approximate surface area is 139 Å². The number of nitrogens with one attached hydrogen (secondary N) is 1. The van der Waals surface area contributed by atoms with E-state index in [0.29, 0.717) is 13.2 Å². The number of carbonyl (C=O) groups is 1. The first-order chi connectivity index (χ1) is 11.2. The molecular weight excluding hydrogens is 312 g/mol. The molecule has 122 valence electrons. The Kier molecular flexibility index (Phi) is 3.92. The lowest BCUT2D eigenvalue weighted by Crippen LogP contribution is -2.42. The summed E-state index contributed by atoms with van der Waals surface area (Å²) in [4.78, 5) is 19.2. The number of carbonyl (C=O) groups excluding carboxylic acids is 1. The van der Waals surface area contributed by atoms with Gasteiger partial charge in [-0.25, -0.2) is 0 Å². The van der Waals surface area contributed by atoms with E-state index in [1.165, 1.54) is 9.75 Å². The van der Waals surface area contributed by atoms with E-state index in [2.05, 4.69) is 27.2 Å². The minimum Gasteiger partial charge on any atom is -0.378 e. The molecule has 0 aromatic carbocycles. The molecule has 1 amide bonds. The van der Waals surface area contributed by atoms with Gasteiger partial charge in [0.25, 0.3) is 0 Å². The highest BCUT2D eigenvalue weighted by Crippen LogP contribution is 2.28. The van der Waals surface area contributed by atoms with Crippen molar-refractivity contribution in [3.05, 3.63) is 29.3 Å². The summed E-state index contributed by atoms with van der Waals surface area (Å²) in [7, 11) is 1.90. The van der Waals surface area contributed by atoms with Crippen LogP contribution in [0.2, 0.25) is 0 Å². The second kappa shape index (κ2) is 6.07. The summed E-state index contributed by atoms with van der Waals surface area (Å²) < 4.78 is 5.66. The molecule has 0 spiro atoms. The van der Waals surface area contributed by atoms with Gasteiger partial charge in [-0.15, -0.1) is 11.3 Å². The van der Waals surface area contributed by atoms with Crippen molar-refractivity contribution in [1.82, 2.24) is 20.0 Å². The van der Waals surface area contributed by atoms with Gasteiger partial charge in [-0.1, -0.05) is 0 Å². The van der Waals surface area contributed by atoms with Crippen LogP contribution in [0.3, 0.4) is 0 Å². The summed E-state index contributed by atoms with van der Waals surface area (Å²) in [6.45, 7) is 3.71. The Bertz CT molecular complexity index is 684. The van der Waals surface area contributed by atoms with Gasteiger partial charge in [-0.2, -0.15) is 5.10 Å². The van der Waals surface area contributed by atoms with Crippen molar-refractivity contribution >= 4 is 17.2 Å². The van der Waals surface area contributed by atoms with Crippen LogP contribution in [0.4, 0.5) is 0 Å². The standard InChI is InChI=1S/C16H20N4O2S/c1-19-12-7-20(6-11(16(19)21)9-22-10-12)8-13-2-3-15(23-13)14-4-5-17-18-14/h2-5,11-12H,6-10H2,1H3,(H,17,18)/t11-,12+/m1/s1. The van der Waals surface area contributed by atoms with Crippen molar-refractivity contribution in [2.24, 2.45) is 5.92 Å². The molecule has 2 atom stereocenters. The summed E-state index contributed by atoms with van der Waals surface area (Å²) >= 11 is 1.78. The zero-order valence-electron chi connectivity index (χ0n) is 13.1. The lowest BCUT2D eigenvalue weighted by atomic mass is 10.1. The number of nitrogens with zero attached hydrogens (tertiary/aromatic N) is 3. The van der Waals surface area contributed by atoms with Crippen LogP contribution < -0.4 is 0 Å². The zero-order chi connectivity index (χ0) is 15.8. The fourth-order valence-corrected chi connectivity index (χ4v) is 4.36. The number of ether oxygens (including phenoxy) is 1. The molecule has 0 aliphatic carbocycles. The lowest BCUT2D eigenvalue weighted by Gasteiger charge is -2.28. The van der Waals surface area contributed by atoms with Gasteiger partial charge in [0.15, 0.2) is 0 Å². The van der Waals surface area contributed by atoms with Gasteiger partial charge >= 0.3 is 0 Å². The number of thiophene rings is 1. The van der Waals surface area contributed by atoms with E-state index < -0.39 is 0 Å². The number of likely N-dealkylation sites (N-methyl/N-ethyl adjacent to an activating group) is 1. The predicted octanol–water partition coefficient (Wildman–Crippen LogP) is 1.43. The highest BCUT2D eigenvalue weighted by molar-refractivity contribution is 7.15. The van der Waals surface area contributed by atoms with Crippen LogP contribution in [0.25, 0.3) is 10.6 Å². The highest BCUT2D eigenvalue weighted by Gasteiger charge is 2.37. The summed E-state index contributed by atoms with van der Waals surface area (Å²) in [5.74, 6) is 0.180. The molecule has 4 heterocycles. The van der Waals surface area contributed by atoms with Crippen LogP contribution in [-0.2, 0) is 16.1 Å². The van der Waals surface area contributed by atoms with E-state index in [1.54, 1.807) is 17.5 Å². The van der Waals surface area contributed by atoms with Gasteiger partial charge in [0, 0.05) is 37.8 Å². The molecular formula is C16H20N4O2S. The molecule has 4 rings (SSSR count). The molecule has 2 aromatic heterocycles. The van der Waals surface area contributed by atoms with Crippen molar-refractivity contribution in [2.45, 2.75) is 12.6 Å². The molecule has 1 N–H and O–H groups in total. The summed E-state index contributed by atoms with van der Waals surface area (Å²) in [5.41, 5.74) is 1.05. The molecule has 0 unspecified atom stereocenters. The summed E-state index contributed by atoms with van der Waals surface area (Å²) in [6.07, 6.45) is 1.77. The van der Waals surface area contributed by atoms with E-state index >= 15 is 0 Å².